The highest BCUT2D eigenvalue weighted by Crippen LogP contribution is 2.31. The zero-order valence-corrected chi connectivity index (χ0v) is 33.8. The second-order valence-corrected chi connectivity index (χ2v) is 15.7. The van der Waals surface area contributed by atoms with Gasteiger partial charge < -0.3 is 14.2 Å². The number of para-hydroxylation sites is 3. The van der Waals surface area contributed by atoms with E-state index in [2.05, 4.69) is 24.3 Å². The summed E-state index contributed by atoms with van der Waals surface area (Å²) in [5.74, 6) is -0.899. The number of pyridine rings is 3. The van der Waals surface area contributed by atoms with Gasteiger partial charge in [-0.1, -0.05) is 121 Å². The molecule has 0 radical (unpaired) electrons. The summed E-state index contributed by atoms with van der Waals surface area (Å²) in [5, 5.41) is 3.23. The molecule has 1 aliphatic rings. The summed E-state index contributed by atoms with van der Waals surface area (Å²) in [6, 6.07) is 58.9. The number of benzene rings is 6. The van der Waals surface area contributed by atoms with Gasteiger partial charge in [0, 0.05) is 52.1 Å². The van der Waals surface area contributed by atoms with Crippen LogP contribution in [0.5, 0.6) is 0 Å². The molecule has 0 saturated heterocycles. The molecule has 2 atom stereocenters. The summed E-state index contributed by atoms with van der Waals surface area (Å²) in [5.41, 5.74) is 9.95. The summed E-state index contributed by atoms with van der Waals surface area (Å²) in [7, 11) is 0. The minimum atomic E-state index is -0.538. The quantitative estimate of drug-likeness (QED) is 0.126. The van der Waals surface area contributed by atoms with Crippen LogP contribution in [0.4, 0.5) is 0 Å². The molecule has 3 heterocycles. The van der Waals surface area contributed by atoms with Crippen molar-refractivity contribution in [2.45, 2.75) is 44.2 Å². The van der Waals surface area contributed by atoms with Gasteiger partial charge in [-0.3, -0.25) is 0 Å². The van der Waals surface area contributed by atoms with Gasteiger partial charge in [0.2, 0.25) is 0 Å². The van der Waals surface area contributed by atoms with Crippen molar-refractivity contribution in [2.75, 3.05) is 0 Å². The number of rotatable bonds is 10. The molecular formula is C54H41N3O5. The number of aromatic nitrogens is 3. The molecule has 0 aliphatic heterocycles. The third-order valence-corrected chi connectivity index (χ3v) is 11.5. The van der Waals surface area contributed by atoms with Gasteiger partial charge in [-0.25, -0.2) is 24.5 Å². The van der Waals surface area contributed by atoms with Crippen molar-refractivity contribution in [1.29, 1.82) is 0 Å². The minimum Gasteiger partial charge on any atom is -0.459 e. The van der Waals surface area contributed by atoms with Crippen LogP contribution in [0.25, 0.3) is 66.5 Å². The molecule has 6 aromatic carbocycles. The molecular weight excluding hydrogens is 771 g/mol. The van der Waals surface area contributed by atoms with E-state index in [0.29, 0.717) is 37.0 Å². The summed E-state index contributed by atoms with van der Waals surface area (Å²) in [6.07, 6.45) is -0.129. The van der Waals surface area contributed by atoms with Gasteiger partial charge in [0.25, 0.3) is 0 Å². The van der Waals surface area contributed by atoms with Crippen molar-refractivity contribution < 1.29 is 23.8 Å². The molecule has 1 saturated carbocycles. The van der Waals surface area contributed by atoms with E-state index in [1.807, 2.05) is 133 Å². The molecule has 2 unspecified atom stereocenters. The number of carbonyl (C=O) groups is 2. The normalized spacial score (nSPS) is 16.3. The number of hydrogen-bond donors (Lipinski definition) is 0. The summed E-state index contributed by atoms with van der Waals surface area (Å²) < 4.78 is 18.7. The van der Waals surface area contributed by atoms with Gasteiger partial charge >= 0.3 is 11.9 Å². The standard InChI is InChI=1S/C54H41N3O5/c58-53(42-21-17-40(18-22-42)51-29-26-37-8-2-5-11-48(37)56-51)61-45-31-44(60-34-35-13-15-39(16-14-35)50-28-25-36-7-1-4-10-47(36)55-50)32-46(33-45)62-54(59)43-23-19-41(20-24-43)52-30-27-38-9-3-6-12-49(38)57-52/h1-30,44-46H,31-34H2. The SMILES string of the molecule is O=C(OC1CC(OCc2ccc(-c3ccc4ccccc4n3)cc2)CC(OC(=O)c2ccc(-c3ccc4ccccc4n3)cc2)C1)c1ccc(-c2ccc3ccccc3n2)cc1. The molecule has 0 spiro atoms. The number of ether oxygens (including phenoxy) is 3. The molecule has 8 heteroatoms. The van der Waals surface area contributed by atoms with Gasteiger partial charge in [-0.2, -0.15) is 0 Å². The Hall–Kier alpha value is -7.55. The first-order valence-corrected chi connectivity index (χ1v) is 20.9. The zero-order valence-electron chi connectivity index (χ0n) is 33.8. The molecule has 9 aromatic rings. The smallest absolute Gasteiger partial charge is 0.338 e. The number of carbonyl (C=O) groups excluding carboxylic acids is 2. The molecule has 0 amide bonds. The maximum atomic E-state index is 13.6. The van der Waals surface area contributed by atoms with E-state index in [-0.39, 0.29) is 6.10 Å². The van der Waals surface area contributed by atoms with Crippen LogP contribution >= 0.6 is 0 Å². The Labute approximate surface area is 358 Å². The maximum Gasteiger partial charge on any atom is 0.338 e. The molecule has 0 N–H and O–H groups in total. The van der Waals surface area contributed by atoms with Crippen LogP contribution in [0.2, 0.25) is 0 Å². The van der Waals surface area contributed by atoms with Gasteiger partial charge in [-0.15, -0.1) is 0 Å². The number of hydrogen-bond acceptors (Lipinski definition) is 8. The molecule has 10 rings (SSSR count). The van der Waals surface area contributed by atoms with Crippen molar-refractivity contribution in [3.63, 3.8) is 0 Å². The Morgan fingerprint density at radius 2 is 0.758 bits per heavy atom. The van der Waals surface area contributed by atoms with Gasteiger partial charge in [0.1, 0.15) is 12.2 Å². The summed E-state index contributed by atoms with van der Waals surface area (Å²) in [6.45, 7) is 0.339. The zero-order chi connectivity index (χ0) is 41.8. The Balaban J connectivity index is 0.829. The van der Waals surface area contributed by atoms with Crippen LogP contribution in [0.1, 0.15) is 45.5 Å². The third kappa shape index (κ3) is 8.55. The van der Waals surface area contributed by atoms with Gasteiger partial charge in [0.05, 0.1) is 57.5 Å². The van der Waals surface area contributed by atoms with E-state index >= 15 is 0 Å². The fourth-order valence-electron chi connectivity index (χ4n) is 8.16. The van der Waals surface area contributed by atoms with E-state index in [4.69, 9.17) is 29.2 Å². The van der Waals surface area contributed by atoms with Crippen molar-refractivity contribution in [2.24, 2.45) is 0 Å². The first-order valence-electron chi connectivity index (χ1n) is 20.9. The average Bonchev–Trinajstić information content (AvgIpc) is 3.33. The van der Waals surface area contributed by atoms with Crippen molar-refractivity contribution in [3.8, 4) is 33.8 Å². The highest BCUT2D eigenvalue weighted by Gasteiger charge is 2.34. The van der Waals surface area contributed by atoms with Gasteiger partial charge in [-0.05, 0) is 66.2 Å². The second kappa shape index (κ2) is 17.2. The Morgan fingerprint density at radius 1 is 0.403 bits per heavy atom. The Morgan fingerprint density at radius 3 is 1.16 bits per heavy atom. The molecule has 0 bridgehead atoms. The lowest BCUT2D eigenvalue weighted by atomic mass is 9.91. The van der Waals surface area contributed by atoms with Crippen molar-refractivity contribution in [3.05, 3.63) is 199 Å². The predicted octanol–water partition coefficient (Wildman–Crippen LogP) is 11.9. The van der Waals surface area contributed by atoms with E-state index < -0.39 is 24.1 Å². The lowest BCUT2D eigenvalue weighted by Gasteiger charge is -2.34. The first kappa shape index (κ1) is 38.6. The van der Waals surface area contributed by atoms with E-state index in [1.54, 1.807) is 24.3 Å². The Kier molecular flexibility index (Phi) is 10.7. The highest BCUT2D eigenvalue weighted by atomic mass is 16.6. The number of nitrogens with zero attached hydrogens (tertiary/aromatic N) is 3. The fraction of sp³-hybridized carbons (Fsp3) is 0.130. The van der Waals surface area contributed by atoms with Crippen LogP contribution in [0.15, 0.2) is 182 Å². The molecule has 3 aromatic heterocycles. The van der Waals surface area contributed by atoms with Crippen LogP contribution in [-0.2, 0) is 20.8 Å². The molecule has 1 fully saturated rings. The summed E-state index contributed by atoms with van der Waals surface area (Å²) >= 11 is 0. The van der Waals surface area contributed by atoms with E-state index in [0.717, 1.165) is 72.0 Å². The summed E-state index contributed by atoms with van der Waals surface area (Å²) in [4.78, 5) is 41.7. The van der Waals surface area contributed by atoms with Crippen LogP contribution < -0.4 is 0 Å². The van der Waals surface area contributed by atoms with Crippen molar-refractivity contribution in [1.82, 2.24) is 15.0 Å². The maximum absolute atomic E-state index is 13.6. The molecule has 1 aliphatic carbocycles. The predicted molar refractivity (Wildman–Crippen MR) is 242 cm³/mol. The van der Waals surface area contributed by atoms with Crippen molar-refractivity contribution >= 4 is 44.6 Å². The minimum absolute atomic E-state index is 0.330. The van der Waals surface area contributed by atoms with Gasteiger partial charge in [0.15, 0.2) is 0 Å². The Bertz CT molecular complexity index is 2910. The van der Waals surface area contributed by atoms with Crippen LogP contribution in [0.3, 0.4) is 0 Å². The largest absolute Gasteiger partial charge is 0.459 e. The van der Waals surface area contributed by atoms with Crippen LogP contribution in [0, 0.1) is 0 Å². The highest BCUT2D eigenvalue weighted by molar-refractivity contribution is 5.91. The fourth-order valence-corrected chi connectivity index (χ4v) is 8.16. The first-order chi connectivity index (χ1) is 30.5. The number of esters is 2. The van der Waals surface area contributed by atoms with E-state index in [9.17, 15) is 9.59 Å². The average molecular weight is 812 g/mol. The lowest BCUT2D eigenvalue weighted by Crippen LogP contribution is -2.39. The number of fused-ring (bicyclic) bond motifs is 3. The topological polar surface area (TPSA) is 100 Å². The molecule has 302 valence electrons. The lowest BCUT2D eigenvalue weighted by molar-refractivity contribution is -0.0775. The second-order valence-electron chi connectivity index (χ2n) is 15.7. The molecule has 62 heavy (non-hydrogen) atoms. The molecule has 8 nitrogen and oxygen atoms in total. The third-order valence-electron chi connectivity index (χ3n) is 11.5. The van der Waals surface area contributed by atoms with Crippen LogP contribution in [-0.4, -0.2) is 45.2 Å². The van der Waals surface area contributed by atoms with E-state index in [1.165, 1.54) is 0 Å². The monoisotopic (exact) mass is 811 g/mol.